The first kappa shape index (κ1) is 26.1. The highest BCUT2D eigenvalue weighted by Gasteiger charge is 2.36. The number of imide groups is 1. The molecule has 1 aliphatic rings. The van der Waals surface area contributed by atoms with E-state index < -0.39 is 23.7 Å². The SMILES string of the molecule is CCOc1cc(/C=C2\SC(=O)N(CC(=O)OC(C)C)C2=O)cc(Br)c1OCc1ccc(Cl)cc1. The molecule has 1 fully saturated rings. The normalized spacial score (nSPS) is 14.8. The molecular formula is C24H23BrClNO6S. The van der Waals surface area contributed by atoms with Crippen molar-refractivity contribution in [1.82, 2.24) is 4.90 Å². The minimum Gasteiger partial charge on any atom is -0.490 e. The molecule has 0 N–H and O–H groups in total. The lowest BCUT2D eigenvalue weighted by Crippen LogP contribution is -2.35. The lowest BCUT2D eigenvalue weighted by molar-refractivity contribution is -0.149. The highest BCUT2D eigenvalue weighted by Crippen LogP contribution is 2.39. The van der Waals surface area contributed by atoms with Gasteiger partial charge in [-0.3, -0.25) is 19.3 Å². The summed E-state index contributed by atoms with van der Waals surface area (Å²) < 4.78 is 17.4. The zero-order valence-electron chi connectivity index (χ0n) is 18.8. The van der Waals surface area contributed by atoms with E-state index in [0.717, 1.165) is 22.2 Å². The van der Waals surface area contributed by atoms with Crippen LogP contribution in [0.1, 0.15) is 31.9 Å². The minimum absolute atomic E-state index is 0.200. The second-order valence-electron chi connectivity index (χ2n) is 7.48. The number of hydrogen-bond acceptors (Lipinski definition) is 7. The number of rotatable bonds is 9. The fraction of sp³-hybridized carbons (Fsp3) is 0.292. The van der Waals surface area contributed by atoms with Crippen molar-refractivity contribution in [2.75, 3.05) is 13.2 Å². The molecule has 0 aromatic heterocycles. The van der Waals surface area contributed by atoms with Crippen LogP contribution in [0.25, 0.3) is 6.08 Å². The molecular weight excluding hydrogens is 546 g/mol. The summed E-state index contributed by atoms with van der Waals surface area (Å²) >= 11 is 10.2. The number of ether oxygens (including phenoxy) is 3. The maximum absolute atomic E-state index is 12.7. The number of thioether (sulfide) groups is 1. The number of halogens is 2. The van der Waals surface area contributed by atoms with Crippen LogP contribution in [0, 0.1) is 0 Å². The molecule has 1 heterocycles. The predicted octanol–water partition coefficient (Wildman–Crippen LogP) is 6.07. The van der Waals surface area contributed by atoms with E-state index in [4.69, 9.17) is 25.8 Å². The molecule has 1 aliphatic heterocycles. The molecule has 2 aromatic carbocycles. The van der Waals surface area contributed by atoms with Gasteiger partial charge in [0.1, 0.15) is 13.2 Å². The molecule has 0 radical (unpaired) electrons. The minimum atomic E-state index is -0.637. The number of amides is 2. The van der Waals surface area contributed by atoms with Gasteiger partial charge in [-0.15, -0.1) is 0 Å². The first-order valence-electron chi connectivity index (χ1n) is 10.5. The van der Waals surface area contributed by atoms with Crippen LogP contribution in [-0.4, -0.2) is 41.3 Å². The third-order valence-electron chi connectivity index (χ3n) is 4.45. The summed E-state index contributed by atoms with van der Waals surface area (Å²) in [6, 6.07) is 10.8. The largest absolute Gasteiger partial charge is 0.490 e. The zero-order valence-corrected chi connectivity index (χ0v) is 22.0. The highest BCUT2D eigenvalue weighted by molar-refractivity contribution is 9.10. The van der Waals surface area contributed by atoms with Crippen molar-refractivity contribution < 1.29 is 28.6 Å². The number of benzene rings is 2. The van der Waals surface area contributed by atoms with E-state index in [1.54, 1.807) is 44.2 Å². The van der Waals surface area contributed by atoms with Gasteiger partial charge in [-0.2, -0.15) is 0 Å². The lowest BCUT2D eigenvalue weighted by Gasteiger charge is -2.15. The van der Waals surface area contributed by atoms with Gasteiger partial charge in [-0.05, 0) is 89.9 Å². The molecule has 0 unspecified atom stereocenters. The average molecular weight is 569 g/mol. The van der Waals surface area contributed by atoms with Gasteiger partial charge in [0.2, 0.25) is 0 Å². The molecule has 1 saturated heterocycles. The quantitative estimate of drug-likeness (QED) is 0.268. The third-order valence-corrected chi connectivity index (χ3v) is 6.20. The van der Waals surface area contributed by atoms with Crippen LogP contribution >= 0.6 is 39.3 Å². The van der Waals surface area contributed by atoms with E-state index in [2.05, 4.69) is 15.9 Å². The van der Waals surface area contributed by atoms with Crippen molar-refractivity contribution >= 4 is 62.5 Å². The molecule has 3 rings (SSSR count). The van der Waals surface area contributed by atoms with Crippen molar-refractivity contribution in [2.24, 2.45) is 0 Å². The standard InChI is InChI=1S/C24H23BrClNO6S/c1-4-31-19-10-16(9-18(25)22(19)32-13-15-5-7-17(26)8-6-15)11-20-23(29)27(24(30)34-20)12-21(28)33-14(2)3/h5-11,14H,4,12-13H2,1-3H3/b20-11-. The van der Waals surface area contributed by atoms with E-state index in [1.165, 1.54) is 0 Å². The molecule has 2 amide bonds. The summed E-state index contributed by atoms with van der Waals surface area (Å²) in [5.74, 6) is -0.190. The summed E-state index contributed by atoms with van der Waals surface area (Å²) in [6.45, 7) is 5.53. The third kappa shape index (κ3) is 6.77. The van der Waals surface area contributed by atoms with Crippen LogP contribution < -0.4 is 9.47 Å². The van der Waals surface area contributed by atoms with Gasteiger partial charge in [0.25, 0.3) is 11.1 Å². The van der Waals surface area contributed by atoms with Crippen molar-refractivity contribution in [3.05, 3.63) is 61.9 Å². The second kappa shape index (κ2) is 11.8. The van der Waals surface area contributed by atoms with Gasteiger partial charge in [-0.25, -0.2) is 0 Å². The van der Waals surface area contributed by atoms with Gasteiger partial charge < -0.3 is 14.2 Å². The van der Waals surface area contributed by atoms with E-state index in [-0.39, 0.29) is 11.0 Å². The van der Waals surface area contributed by atoms with E-state index in [0.29, 0.717) is 39.8 Å². The summed E-state index contributed by atoms with van der Waals surface area (Å²) in [5, 5.41) is 0.120. The first-order valence-corrected chi connectivity index (χ1v) is 12.4. The summed E-state index contributed by atoms with van der Waals surface area (Å²) in [4.78, 5) is 38.0. The van der Waals surface area contributed by atoms with Gasteiger partial charge in [-0.1, -0.05) is 23.7 Å². The Bertz CT molecular complexity index is 1120. The van der Waals surface area contributed by atoms with Gasteiger partial charge in [0.05, 0.1) is 22.1 Å². The molecule has 10 heteroatoms. The molecule has 0 aliphatic carbocycles. The van der Waals surface area contributed by atoms with E-state index in [1.807, 2.05) is 19.1 Å². The fourth-order valence-electron chi connectivity index (χ4n) is 3.03. The number of carbonyl (C=O) groups is 3. The Morgan fingerprint density at radius 3 is 2.53 bits per heavy atom. The molecule has 0 atom stereocenters. The van der Waals surface area contributed by atoms with Crippen LogP contribution in [0.5, 0.6) is 11.5 Å². The molecule has 0 bridgehead atoms. The van der Waals surface area contributed by atoms with Crippen LogP contribution in [0.3, 0.4) is 0 Å². The Kier molecular flexibility index (Phi) is 9.04. The molecule has 7 nitrogen and oxygen atoms in total. The maximum atomic E-state index is 12.7. The Morgan fingerprint density at radius 2 is 1.88 bits per heavy atom. The van der Waals surface area contributed by atoms with Crippen molar-refractivity contribution in [3.8, 4) is 11.5 Å². The van der Waals surface area contributed by atoms with Crippen molar-refractivity contribution in [1.29, 1.82) is 0 Å². The highest BCUT2D eigenvalue weighted by atomic mass is 79.9. The fourth-order valence-corrected chi connectivity index (χ4v) is 4.57. The predicted molar refractivity (Wildman–Crippen MR) is 135 cm³/mol. The maximum Gasteiger partial charge on any atom is 0.326 e. The molecule has 2 aromatic rings. The number of hydrogen-bond donors (Lipinski definition) is 0. The van der Waals surface area contributed by atoms with Gasteiger partial charge in [0.15, 0.2) is 11.5 Å². The van der Waals surface area contributed by atoms with Crippen LogP contribution in [0.2, 0.25) is 5.02 Å². The van der Waals surface area contributed by atoms with Gasteiger partial charge >= 0.3 is 5.97 Å². The van der Waals surface area contributed by atoms with Crippen molar-refractivity contribution in [3.63, 3.8) is 0 Å². The zero-order chi connectivity index (χ0) is 24.8. The summed E-state index contributed by atoms with van der Waals surface area (Å²) in [5.41, 5.74) is 1.57. The second-order valence-corrected chi connectivity index (χ2v) is 9.77. The average Bonchev–Trinajstić information content (AvgIpc) is 3.01. The Morgan fingerprint density at radius 1 is 1.18 bits per heavy atom. The number of nitrogens with zero attached hydrogens (tertiary/aromatic N) is 1. The first-order chi connectivity index (χ1) is 16.2. The molecule has 0 spiro atoms. The lowest BCUT2D eigenvalue weighted by atomic mass is 10.1. The van der Waals surface area contributed by atoms with E-state index >= 15 is 0 Å². The monoisotopic (exact) mass is 567 g/mol. The Balaban J connectivity index is 1.80. The van der Waals surface area contributed by atoms with Gasteiger partial charge in [0, 0.05) is 5.02 Å². The molecule has 34 heavy (non-hydrogen) atoms. The molecule has 180 valence electrons. The smallest absolute Gasteiger partial charge is 0.326 e. The van der Waals surface area contributed by atoms with Crippen LogP contribution in [0.4, 0.5) is 4.79 Å². The van der Waals surface area contributed by atoms with E-state index in [9.17, 15) is 14.4 Å². The number of esters is 1. The van der Waals surface area contributed by atoms with Crippen LogP contribution in [-0.2, 0) is 20.9 Å². The Hall–Kier alpha value is -2.49. The van der Waals surface area contributed by atoms with Crippen LogP contribution in [0.15, 0.2) is 45.8 Å². The Labute approximate surface area is 215 Å². The topological polar surface area (TPSA) is 82.1 Å². The molecule has 0 saturated carbocycles. The summed E-state index contributed by atoms with van der Waals surface area (Å²) in [7, 11) is 0. The summed E-state index contributed by atoms with van der Waals surface area (Å²) in [6.07, 6.45) is 1.24. The number of carbonyl (C=O) groups excluding carboxylic acids is 3. The van der Waals surface area contributed by atoms with Crippen molar-refractivity contribution in [2.45, 2.75) is 33.5 Å².